The van der Waals surface area contributed by atoms with Crippen LogP contribution in [-0.2, 0) is 11.2 Å². The van der Waals surface area contributed by atoms with Crippen molar-refractivity contribution in [1.29, 1.82) is 0 Å². The Morgan fingerprint density at radius 2 is 2.00 bits per heavy atom. The quantitative estimate of drug-likeness (QED) is 0.536. The predicted octanol–water partition coefficient (Wildman–Crippen LogP) is 4.66. The second kappa shape index (κ2) is 7.45. The second-order valence-electron chi connectivity index (χ2n) is 4.37. The lowest BCUT2D eigenvalue weighted by Crippen LogP contribution is -2.13. The Morgan fingerprint density at radius 1 is 1.30 bits per heavy atom. The lowest BCUT2D eigenvalue weighted by molar-refractivity contribution is 0.0512. The van der Waals surface area contributed by atoms with Crippen LogP contribution in [0, 0.1) is 0 Å². The number of hydrogen-bond donors (Lipinski definition) is 0. The number of alkyl halides is 3. The van der Waals surface area contributed by atoms with E-state index in [-0.39, 0.29) is 24.7 Å². The van der Waals surface area contributed by atoms with Crippen LogP contribution in [0.25, 0.3) is 5.69 Å². The minimum absolute atomic E-state index is 0.0803. The molecule has 23 heavy (non-hydrogen) atoms. The number of nitrogens with zero attached hydrogens (tertiary/aromatic N) is 3. The van der Waals surface area contributed by atoms with Crippen LogP contribution >= 0.6 is 58.0 Å². The van der Waals surface area contributed by atoms with E-state index in [1.165, 1.54) is 10.7 Å². The maximum Gasteiger partial charge on any atom is 0.378 e. The van der Waals surface area contributed by atoms with Gasteiger partial charge in [0.15, 0.2) is 3.79 Å². The van der Waals surface area contributed by atoms with E-state index in [2.05, 4.69) is 10.1 Å². The van der Waals surface area contributed by atoms with Gasteiger partial charge in [0.05, 0.1) is 23.7 Å². The van der Waals surface area contributed by atoms with Crippen LogP contribution in [0.1, 0.15) is 23.4 Å². The molecule has 2 aromatic rings. The van der Waals surface area contributed by atoms with Gasteiger partial charge in [0.2, 0.25) is 0 Å². The summed E-state index contributed by atoms with van der Waals surface area (Å²) in [6.07, 6.45) is -0.0803. The third-order valence-electron chi connectivity index (χ3n) is 2.63. The first kappa shape index (κ1) is 18.6. The molecule has 1 heterocycles. The molecule has 1 aromatic heterocycles. The van der Waals surface area contributed by atoms with E-state index in [9.17, 15) is 4.79 Å². The van der Waals surface area contributed by atoms with E-state index in [1.807, 2.05) is 0 Å². The van der Waals surface area contributed by atoms with E-state index in [4.69, 9.17) is 62.7 Å². The molecule has 0 aliphatic rings. The summed E-state index contributed by atoms with van der Waals surface area (Å²) < 4.78 is 4.59. The molecule has 10 heteroatoms. The Morgan fingerprint density at radius 3 is 2.57 bits per heavy atom. The highest BCUT2D eigenvalue weighted by Gasteiger charge is 2.27. The molecule has 0 aliphatic carbocycles. The number of aromatic nitrogens is 3. The SMILES string of the molecule is CCOC(=O)c1nc(CC(Cl)(Cl)Cl)n(-c2ccc(Cl)cc2Cl)n1. The van der Waals surface area contributed by atoms with E-state index in [0.29, 0.717) is 15.7 Å². The molecule has 0 amide bonds. The highest BCUT2D eigenvalue weighted by Crippen LogP contribution is 2.32. The van der Waals surface area contributed by atoms with Crippen LogP contribution < -0.4 is 0 Å². The fourth-order valence-corrected chi connectivity index (χ4v) is 2.61. The molecule has 0 N–H and O–H groups in total. The molecule has 1 aromatic carbocycles. The van der Waals surface area contributed by atoms with Gasteiger partial charge in [0.1, 0.15) is 5.82 Å². The van der Waals surface area contributed by atoms with Crippen LogP contribution in [-0.4, -0.2) is 31.1 Å². The number of ether oxygens (including phenoxy) is 1. The monoisotopic (exact) mass is 415 g/mol. The number of halogens is 5. The van der Waals surface area contributed by atoms with Crippen molar-refractivity contribution in [3.63, 3.8) is 0 Å². The summed E-state index contributed by atoms with van der Waals surface area (Å²) in [5.74, 6) is -0.582. The molecule has 0 aliphatic heterocycles. The molecule has 0 fully saturated rings. The van der Waals surface area contributed by atoms with Crippen molar-refractivity contribution < 1.29 is 9.53 Å². The fraction of sp³-hybridized carbons (Fsp3) is 0.308. The summed E-state index contributed by atoms with van der Waals surface area (Å²) in [5.41, 5.74) is 0.448. The normalized spacial score (nSPS) is 11.6. The zero-order valence-electron chi connectivity index (χ0n) is 11.7. The highest BCUT2D eigenvalue weighted by atomic mass is 35.6. The zero-order chi connectivity index (χ0) is 17.2. The van der Waals surface area contributed by atoms with Gasteiger partial charge in [-0.05, 0) is 25.1 Å². The Labute approximate surface area is 157 Å². The average Bonchev–Trinajstić information content (AvgIpc) is 2.80. The van der Waals surface area contributed by atoms with Crippen LogP contribution in [0.5, 0.6) is 0 Å². The van der Waals surface area contributed by atoms with Gasteiger partial charge in [0, 0.05) is 5.02 Å². The second-order valence-corrected chi connectivity index (χ2v) is 7.73. The van der Waals surface area contributed by atoms with E-state index < -0.39 is 9.76 Å². The van der Waals surface area contributed by atoms with Gasteiger partial charge in [-0.15, -0.1) is 5.10 Å². The standard InChI is InChI=1S/C13H10Cl5N3O2/c1-2-23-12(22)11-19-10(6-13(16,17)18)21(20-11)9-4-3-7(14)5-8(9)15/h3-5H,2,6H2,1H3. The zero-order valence-corrected chi connectivity index (χ0v) is 15.5. The van der Waals surface area contributed by atoms with E-state index in [1.54, 1.807) is 19.1 Å². The summed E-state index contributed by atoms with van der Waals surface area (Å²) in [5, 5.41) is 4.86. The number of esters is 1. The van der Waals surface area contributed by atoms with Crippen molar-refractivity contribution in [1.82, 2.24) is 14.8 Å². The molecule has 0 saturated heterocycles. The van der Waals surface area contributed by atoms with Gasteiger partial charge in [-0.2, -0.15) is 0 Å². The van der Waals surface area contributed by atoms with Gasteiger partial charge in [0.25, 0.3) is 5.82 Å². The van der Waals surface area contributed by atoms with Gasteiger partial charge in [-0.25, -0.2) is 14.5 Å². The Kier molecular flexibility index (Phi) is 6.03. The third kappa shape index (κ3) is 4.88. The number of carbonyl (C=O) groups is 1. The molecule has 0 saturated carbocycles. The lowest BCUT2D eigenvalue weighted by Gasteiger charge is -2.12. The molecule has 0 unspecified atom stereocenters. The van der Waals surface area contributed by atoms with Crippen molar-refractivity contribution in [3.05, 3.63) is 39.9 Å². The van der Waals surface area contributed by atoms with Crippen molar-refractivity contribution >= 4 is 64.0 Å². The summed E-state index contributed by atoms with van der Waals surface area (Å²) in [4.78, 5) is 15.9. The first-order valence-corrected chi connectivity index (χ1v) is 8.25. The molecule has 124 valence electrons. The lowest BCUT2D eigenvalue weighted by atomic mass is 10.3. The van der Waals surface area contributed by atoms with Crippen LogP contribution in [0.15, 0.2) is 18.2 Å². The summed E-state index contributed by atoms with van der Waals surface area (Å²) >= 11 is 29.5. The van der Waals surface area contributed by atoms with Gasteiger partial charge in [-0.1, -0.05) is 58.0 Å². The van der Waals surface area contributed by atoms with Crippen LogP contribution in [0.2, 0.25) is 10.0 Å². The minimum atomic E-state index is -1.62. The van der Waals surface area contributed by atoms with Crippen molar-refractivity contribution in [2.45, 2.75) is 17.1 Å². The van der Waals surface area contributed by atoms with Crippen molar-refractivity contribution in [2.24, 2.45) is 0 Å². The molecule has 5 nitrogen and oxygen atoms in total. The summed E-state index contributed by atoms with van der Waals surface area (Å²) in [6.45, 7) is 1.86. The molecule has 0 radical (unpaired) electrons. The van der Waals surface area contributed by atoms with Crippen molar-refractivity contribution in [3.8, 4) is 5.69 Å². The summed E-state index contributed by atoms with van der Waals surface area (Å²) in [6, 6.07) is 4.77. The van der Waals surface area contributed by atoms with E-state index >= 15 is 0 Å². The molecule has 0 spiro atoms. The van der Waals surface area contributed by atoms with Crippen LogP contribution in [0.3, 0.4) is 0 Å². The van der Waals surface area contributed by atoms with Gasteiger partial charge >= 0.3 is 5.97 Å². The largest absolute Gasteiger partial charge is 0.460 e. The molecular formula is C13H10Cl5N3O2. The first-order valence-electron chi connectivity index (χ1n) is 6.36. The number of carbonyl (C=O) groups excluding carboxylic acids is 1. The van der Waals surface area contributed by atoms with Gasteiger partial charge < -0.3 is 4.74 Å². The van der Waals surface area contributed by atoms with Crippen molar-refractivity contribution in [2.75, 3.05) is 6.61 Å². The Hall–Kier alpha value is -0.720. The number of benzene rings is 1. The predicted molar refractivity (Wildman–Crippen MR) is 91.3 cm³/mol. The van der Waals surface area contributed by atoms with Gasteiger partial charge in [-0.3, -0.25) is 0 Å². The smallest absolute Gasteiger partial charge is 0.378 e. The Balaban J connectivity index is 2.53. The third-order valence-corrected chi connectivity index (χ3v) is 3.57. The first-order chi connectivity index (χ1) is 10.7. The maximum absolute atomic E-state index is 11.8. The molecule has 0 atom stereocenters. The Bertz CT molecular complexity index is 727. The topological polar surface area (TPSA) is 57.0 Å². The molecule has 0 bridgehead atoms. The fourth-order valence-electron chi connectivity index (χ4n) is 1.77. The highest BCUT2D eigenvalue weighted by molar-refractivity contribution is 6.67. The number of rotatable bonds is 4. The summed E-state index contributed by atoms with van der Waals surface area (Å²) in [7, 11) is 0. The van der Waals surface area contributed by atoms with Crippen LogP contribution in [0.4, 0.5) is 0 Å². The number of hydrogen-bond acceptors (Lipinski definition) is 4. The molecular weight excluding hydrogens is 407 g/mol. The average molecular weight is 418 g/mol. The van der Waals surface area contributed by atoms with E-state index in [0.717, 1.165) is 0 Å². The maximum atomic E-state index is 11.8. The minimum Gasteiger partial charge on any atom is -0.460 e. The molecule has 2 rings (SSSR count).